The van der Waals surface area contributed by atoms with E-state index in [0.29, 0.717) is 29.3 Å². The largest absolute Gasteiger partial charge is 0.457 e. The summed E-state index contributed by atoms with van der Waals surface area (Å²) in [4.78, 5) is 13.2. The monoisotopic (exact) mass is 524 g/mol. The van der Waals surface area contributed by atoms with Crippen LogP contribution in [0.5, 0.6) is 11.5 Å². The number of benzene rings is 2. The maximum Gasteiger partial charge on any atom is 0.131 e. The fraction of sp³-hybridized carbons (Fsp3) is 0.156. The average molecular weight is 525 g/mol. The molecular weight excluding hydrogens is 494 g/mol. The molecule has 0 atom stereocenters. The minimum absolute atomic E-state index is 0.239. The van der Waals surface area contributed by atoms with E-state index >= 15 is 0 Å². The Morgan fingerprint density at radius 2 is 1.77 bits per heavy atom. The van der Waals surface area contributed by atoms with Gasteiger partial charge in [-0.1, -0.05) is 38.6 Å². The molecule has 0 amide bonds. The molecule has 0 radical (unpaired) electrons. The number of aliphatic imine (C=N–C) groups is 1. The van der Waals surface area contributed by atoms with Crippen LogP contribution in [0, 0.1) is 18.6 Å². The first-order valence-corrected chi connectivity index (χ1v) is 12.7. The van der Waals surface area contributed by atoms with Gasteiger partial charge in [0.1, 0.15) is 23.1 Å². The Kier molecular flexibility index (Phi) is 8.94. The molecule has 0 aliphatic carbocycles. The summed E-state index contributed by atoms with van der Waals surface area (Å²) in [5.41, 5.74) is 6.34. The van der Waals surface area contributed by atoms with Crippen molar-refractivity contribution in [2.45, 2.75) is 27.3 Å². The van der Waals surface area contributed by atoms with Gasteiger partial charge in [-0.2, -0.15) is 0 Å². The normalized spacial score (nSPS) is 11.9. The quantitative estimate of drug-likeness (QED) is 0.256. The molecule has 0 saturated carbocycles. The molecule has 7 heteroatoms. The van der Waals surface area contributed by atoms with E-state index < -0.39 is 11.6 Å². The fourth-order valence-electron chi connectivity index (χ4n) is 4.07. The summed E-state index contributed by atoms with van der Waals surface area (Å²) in [7, 11) is 0. The van der Waals surface area contributed by atoms with E-state index in [4.69, 9.17) is 4.74 Å². The Balaban J connectivity index is 0.00000172. The van der Waals surface area contributed by atoms with E-state index in [9.17, 15) is 8.78 Å². The lowest BCUT2D eigenvalue weighted by molar-refractivity contribution is 0.478. The van der Waals surface area contributed by atoms with Crippen LogP contribution >= 0.6 is 0 Å². The van der Waals surface area contributed by atoms with Gasteiger partial charge in [-0.3, -0.25) is 15.0 Å². The van der Waals surface area contributed by atoms with Crippen molar-refractivity contribution in [3.63, 3.8) is 0 Å². The highest BCUT2D eigenvalue weighted by Gasteiger charge is 2.11. The predicted octanol–water partition coefficient (Wildman–Crippen LogP) is 7.78. The number of nitrogens with one attached hydrogen (secondary N) is 1. The van der Waals surface area contributed by atoms with Crippen LogP contribution in [0.3, 0.4) is 0 Å². The topological polar surface area (TPSA) is 59.4 Å². The Morgan fingerprint density at radius 1 is 0.974 bits per heavy atom. The molecule has 2 aromatic carbocycles. The molecule has 5 nitrogen and oxygen atoms in total. The lowest BCUT2D eigenvalue weighted by atomic mass is 10.0. The van der Waals surface area contributed by atoms with Gasteiger partial charge in [0.05, 0.1) is 17.9 Å². The summed E-state index contributed by atoms with van der Waals surface area (Å²) in [5.74, 6) is 0.0697. The third-order valence-corrected chi connectivity index (χ3v) is 6.00. The Labute approximate surface area is 227 Å². The first kappa shape index (κ1) is 27.4. The molecule has 0 saturated heterocycles. The molecule has 1 N–H and O–H groups in total. The Bertz CT molecular complexity index is 1510. The summed E-state index contributed by atoms with van der Waals surface area (Å²) in [5, 5.41) is 3.14. The van der Waals surface area contributed by atoms with Gasteiger partial charge in [0.15, 0.2) is 0 Å². The van der Waals surface area contributed by atoms with Gasteiger partial charge in [-0.25, -0.2) is 8.78 Å². The molecule has 0 spiro atoms. The first-order valence-electron chi connectivity index (χ1n) is 12.7. The molecule has 0 bridgehead atoms. The van der Waals surface area contributed by atoms with Crippen molar-refractivity contribution in [1.29, 1.82) is 0 Å². The van der Waals surface area contributed by atoms with E-state index in [-0.39, 0.29) is 6.54 Å². The van der Waals surface area contributed by atoms with Crippen LogP contribution in [0.2, 0.25) is 0 Å². The summed E-state index contributed by atoms with van der Waals surface area (Å²) in [6, 6.07) is 16.7. The fourth-order valence-corrected chi connectivity index (χ4v) is 4.07. The Morgan fingerprint density at radius 3 is 2.46 bits per heavy atom. The minimum Gasteiger partial charge on any atom is -0.457 e. The number of allylic oxidation sites excluding steroid dienone is 1. The maximum absolute atomic E-state index is 13.5. The SMILES string of the molecule is C=C(NCc1cc(F)cc(F)c1)c1cccc(Oc2ccnc(-c3ccc(C4=CCN=C4)nc3)c2)c1C.CC. The molecule has 39 heavy (non-hydrogen) atoms. The lowest BCUT2D eigenvalue weighted by Crippen LogP contribution is -2.12. The van der Waals surface area contributed by atoms with Crippen LogP contribution in [0.1, 0.15) is 36.2 Å². The van der Waals surface area contributed by atoms with E-state index in [2.05, 4.69) is 26.9 Å². The van der Waals surface area contributed by atoms with Crippen molar-refractivity contribution in [3.05, 3.63) is 120 Å². The molecule has 0 unspecified atom stereocenters. The van der Waals surface area contributed by atoms with Crippen molar-refractivity contribution in [1.82, 2.24) is 15.3 Å². The molecule has 0 fully saturated rings. The minimum atomic E-state index is -0.613. The van der Waals surface area contributed by atoms with Gasteiger partial charge in [0, 0.05) is 65.2 Å². The third kappa shape index (κ3) is 6.82. The van der Waals surface area contributed by atoms with Crippen molar-refractivity contribution >= 4 is 17.5 Å². The predicted molar refractivity (Wildman–Crippen MR) is 154 cm³/mol. The molecule has 2 aromatic heterocycles. The molecule has 3 heterocycles. The highest BCUT2D eigenvalue weighted by Crippen LogP contribution is 2.31. The van der Waals surface area contributed by atoms with E-state index in [1.807, 2.05) is 69.5 Å². The maximum atomic E-state index is 13.5. The molecule has 198 valence electrons. The van der Waals surface area contributed by atoms with Crippen LogP contribution in [-0.4, -0.2) is 22.7 Å². The highest BCUT2D eigenvalue weighted by molar-refractivity contribution is 6.10. The zero-order valence-corrected chi connectivity index (χ0v) is 22.2. The average Bonchev–Trinajstić information content (AvgIpc) is 3.49. The first-order chi connectivity index (χ1) is 19.0. The van der Waals surface area contributed by atoms with Gasteiger partial charge in [-0.15, -0.1) is 0 Å². The van der Waals surface area contributed by atoms with Crippen molar-refractivity contribution in [3.8, 4) is 22.8 Å². The smallest absolute Gasteiger partial charge is 0.131 e. The summed E-state index contributed by atoms with van der Waals surface area (Å²) in [6.45, 7) is 11.0. The van der Waals surface area contributed by atoms with Gasteiger partial charge in [-0.05, 0) is 48.9 Å². The molecule has 1 aliphatic heterocycles. The second-order valence-electron chi connectivity index (χ2n) is 8.60. The highest BCUT2D eigenvalue weighted by atomic mass is 19.1. The summed E-state index contributed by atoms with van der Waals surface area (Å²) < 4.78 is 33.2. The van der Waals surface area contributed by atoms with Gasteiger partial charge in [0.25, 0.3) is 0 Å². The van der Waals surface area contributed by atoms with Crippen LogP contribution in [-0.2, 0) is 6.54 Å². The number of hydrogen-bond donors (Lipinski definition) is 1. The standard InChI is InChI=1S/C30H24F2N4O.C2H6/c1-19-27(20(2)35-16-21-12-24(31)14-25(32)13-21)4-3-5-30(19)37-26-9-11-34-29(15-26)22-6-7-28(36-18-22)23-8-10-33-17-23;1-2/h3-9,11-15,17-18,35H,2,10,16H2,1H3;1-2H3. The number of ether oxygens (including phenoxy) is 1. The van der Waals surface area contributed by atoms with Crippen LogP contribution in [0.15, 0.2) is 90.7 Å². The second kappa shape index (κ2) is 12.7. The second-order valence-corrected chi connectivity index (χ2v) is 8.60. The zero-order valence-electron chi connectivity index (χ0n) is 22.2. The van der Waals surface area contributed by atoms with Crippen molar-refractivity contribution in [2.75, 3.05) is 6.54 Å². The van der Waals surface area contributed by atoms with E-state index in [0.717, 1.165) is 39.7 Å². The number of rotatable bonds is 8. The van der Waals surface area contributed by atoms with Crippen LogP contribution in [0.25, 0.3) is 22.5 Å². The van der Waals surface area contributed by atoms with Crippen molar-refractivity contribution < 1.29 is 13.5 Å². The van der Waals surface area contributed by atoms with Gasteiger partial charge in [0.2, 0.25) is 0 Å². The van der Waals surface area contributed by atoms with E-state index in [1.54, 1.807) is 18.5 Å². The Hall–Kier alpha value is -4.65. The summed E-state index contributed by atoms with van der Waals surface area (Å²) >= 11 is 0. The lowest BCUT2D eigenvalue weighted by Gasteiger charge is -2.16. The molecular formula is C32H30F2N4O. The number of aromatic nitrogens is 2. The molecule has 4 aromatic rings. The van der Waals surface area contributed by atoms with Crippen LogP contribution < -0.4 is 10.1 Å². The summed E-state index contributed by atoms with van der Waals surface area (Å²) in [6.07, 6.45) is 7.36. The number of nitrogens with zero attached hydrogens (tertiary/aromatic N) is 3. The number of halogens is 2. The van der Waals surface area contributed by atoms with E-state index in [1.165, 1.54) is 12.1 Å². The third-order valence-electron chi connectivity index (χ3n) is 6.00. The van der Waals surface area contributed by atoms with Crippen molar-refractivity contribution in [2.24, 2.45) is 4.99 Å². The zero-order chi connectivity index (χ0) is 27.8. The number of pyridine rings is 2. The molecule has 5 rings (SSSR count). The van der Waals surface area contributed by atoms with Crippen LogP contribution in [0.4, 0.5) is 8.78 Å². The molecule has 1 aliphatic rings. The van der Waals surface area contributed by atoms with Gasteiger partial charge >= 0.3 is 0 Å². The number of hydrogen-bond acceptors (Lipinski definition) is 5. The van der Waals surface area contributed by atoms with Gasteiger partial charge < -0.3 is 10.1 Å².